The van der Waals surface area contributed by atoms with E-state index >= 15 is 0 Å². The van der Waals surface area contributed by atoms with E-state index in [1.807, 2.05) is 20.8 Å². The molecule has 1 amide bonds. The summed E-state index contributed by atoms with van der Waals surface area (Å²) in [4.78, 5) is 23.3. The summed E-state index contributed by atoms with van der Waals surface area (Å²) >= 11 is 0. The number of halogens is 1. The van der Waals surface area contributed by atoms with E-state index in [0.717, 1.165) is 0 Å². The fourth-order valence-electron chi connectivity index (χ4n) is 1.58. The van der Waals surface area contributed by atoms with Crippen LogP contribution in [0.4, 0.5) is 4.39 Å². The molecule has 0 spiro atoms. The highest BCUT2D eigenvalue weighted by atomic mass is 19.1. The van der Waals surface area contributed by atoms with E-state index in [2.05, 4.69) is 5.32 Å². The number of carbonyl (C=O) groups is 2. The molecule has 0 saturated heterocycles. The third-order valence-corrected chi connectivity index (χ3v) is 2.91. The molecule has 16 heavy (non-hydrogen) atoms. The zero-order chi connectivity index (χ0) is 12.6. The predicted molar refractivity (Wildman–Crippen MR) is 59.8 cm³/mol. The van der Waals surface area contributed by atoms with Gasteiger partial charge in [0.05, 0.1) is 6.04 Å². The molecule has 1 aliphatic carbocycles. The zero-order valence-electron chi connectivity index (χ0n) is 10.4. The van der Waals surface area contributed by atoms with Gasteiger partial charge in [-0.25, -0.2) is 4.39 Å². The van der Waals surface area contributed by atoms with Crippen LogP contribution in [0.15, 0.2) is 0 Å². The van der Waals surface area contributed by atoms with Gasteiger partial charge in [-0.15, -0.1) is 0 Å². The summed E-state index contributed by atoms with van der Waals surface area (Å²) in [5.41, 5.74) is -2.09. The molecule has 1 N–H and O–H groups in total. The van der Waals surface area contributed by atoms with E-state index in [-0.39, 0.29) is 24.0 Å². The normalized spacial score (nSPS) is 20.1. The van der Waals surface area contributed by atoms with Crippen molar-refractivity contribution in [2.24, 2.45) is 5.41 Å². The molecule has 4 heteroatoms. The summed E-state index contributed by atoms with van der Waals surface area (Å²) in [6.07, 6.45) is 0.896. The lowest BCUT2D eigenvalue weighted by atomic mass is 9.83. The van der Waals surface area contributed by atoms with Gasteiger partial charge in [0.1, 0.15) is 0 Å². The number of carbonyl (C=O) groups excluding carboxylic acids is 2. The molecule has 0 aliphatic heterocycles. The molecule has 1 fully saturated rings. The zero-order valence-corrected chi connectivity index (χ0v) is 10.4. The maximum absolute atomic E-state index is 13.5. The number of ketones is 1. The van der Waals surface area contributed by atoms with Crippen LogP contribution in [-0.2, 0) is 9.59 Å². The Bertz CT molecular complexity index is 303. The molecular formula is C12H20FNO2. The van der Waals surface area contributed by atoms with Gasteiger partial charge in [-0.1, -0.05) is 27.7 Å². The van der Waals surface area contributed by atoms with E-state index in [9.17, 15) is 14.0 Å². The summed E-state index contributed by atoms with van der Waals surface area (Å²) in [7, 11) is 0. The smallest absolute Gasteiger partial charge is 0.258 e. The molecule has 0 aromatic rings. The highest BCUT2D eigenvalue weighted by molar-refractivity contribution is 5.94. The number of alkyl halides is 1. The average molecular weight is 229 g/mol. The fraction of sp³-hybridized carbons (Fsp3) is 0.833. The van der Waals surface area contributed by atoms with Crippen molar-refractivity contribution in [3.8, 4) is 0 Å². The van der Waals surface area contributed by atoms with Crippen LogP contribution >= 0.6 is 0 Å². The van der Waals surface area contributed by atoms with Crippen LogP contribution in [0.25, 0.3) is 0 Å². The van der Waals surface area contributed by atoms with E-state index in [4.69, 9.17) is 0 Å². The molecule has 3 nitrogen and oxygen atoms in total. The second-order valence-corrected chi connectivity index (χ2v) is 5.56. The molecule has 0 aromatic carbocycles. The van der Waals surface area contributed by atoms with Crippen LogP contribution in [0.1, 0.15) is 47.0 Å². The first-order valence-electron chi connectivity index (χ1n) is 5.73. The summed E-state index contributed by atoms with van der Waals surface area (Å²) in [5, 5.41) is 2.55. The standard InChI is InChI=1S/C12H20FNO2/c1-5-8(15)9(11(2,3)4)14-10(16)12(13)6-7-12/h9H,5-7H2,1-4H3,(H,14,16). The number of Topliss-reactive ketones (excluding diaryl/α,β-unsaturated/α-hetero) is 1. The number of amides is 1. The fourth-order valence-corrected chi connectivity index (χ4v) is 1.58. The van der Waals surface area contributed by atoms with Gasteiger partial charge in [0, 0.05) is 6.42 Å². The maximum Gasteiger partial charge on any atom is 0.258 e. The van der Waals surface area contributed by atoms with E-state index in [0.29, 0.717) is 6.42 Å². The molecule has 0 radical (unpaired) electrons. The lowest BCUT2D eigenvalue weighted by Crippen LogP contribution is -2.51. The number of hydrogen-bond acceptors (Lipinski definition) is 2. The van der Waals surface area contributed by atoms with E-state index in [1.54, 1.807) is 6.92 Å². The Kier molecular flexibility index (Phi) is 3.41. The van der Waals surface area contributed by atoms with Crippen molar-refractivity contribution < 1.29 is 14.0 Å². The van der Waals surface area contributed by atoms with Gasteiger partial charge in [0.2, 0.25) is 0 Å². The summed E-state index contributed by atoms with van der Waals surface area (Å²) in [6, 6.07) is -0.599. The lowest BCUT2D eigenvalue weighted by Gasteiger charge is -2.30. The summed E-state index contributed by atoms with van der Waals surface area (Å²) < 4.78 is 13.5. The Hall–Kier alpha value is -0.930. The molecular weight excluding hydrogens is 209 g/mol. The predicted octanol–water partition coefficient (Wildman–Crippen LogP) is 2.00. The summed E-state index contributed by atoms with van der Waals surface area (Å²) in [5.74, 6) is -0.681. The van der Waals surface area contributed by atoms with Gasteiger partial charge < -0.3 is 5.32 Å². The van der Waals surface area contributed by atoms with Crippen LogP contribution in [0.2, 0.25) is 0 Å². The minimum absolute atomic E-state index is 0.0508. The van der Waals surface area contributed by atoms with Gasteiger partial charge in [-0.2, -0.15) is 0 Å². The van der Waals surface area contributed by atoms with Gasteiger partial charge in [0.25, 0.3) is 5.91 Å². The Morgan fingerprint density at radius 1 is 1.38 bits per heavy atom. The third-order valence-electron chi connectivity index (χ3n) is 2.91. The second-order valence-electron chi connectivity index (χ2n) is 5.56. The molecule has 1 saturated carbocycles. The largest absolute Gasteiger partial charge is 0.343 e. The molecule has 0 heterocycles. The first-order valence-corrected chi connectivity index (χ1v) is 5.73. The second kappa shape index (κ2) is 4.15. The van der Waals surface area contributed by atoms with Crippen molar-refractivity contribution in [3.05, 3.63) is 0 Å². The van der Waals surface area contributed by atoms with Crippen LogP contribution < -0.4 is 5.32 Å². The minimum Gasteiger partial charge on any atom is -0.343 e. The van der Waals surface area contributed by atoms with Crippen LogP contribution in [0, 0.1) is 5.41 Å². The van der Waals surface area contributed by atoms with E-state index in [1.165, 1.54) is 0 Å². The lowest BCUT2D eigenvalue weighted by molar-refractivity contribution is -0.133. The molecule has 0 bridgehead atoms. The first-order chi connectivity index (χ1) is 7.20. The maximum atomic E-state index is 13.5. The van der Waals surface area contributed by atoms with Crippen LogP contribution in [0.3, 0.4) is 0 Å². The van der Waals surface area contributed by atoms with Crippen molar-refractivity contribution in [2.45, 2.75) is 58.7 Å². The quantitative estimate of drug-likeness (QED) is 0.801. The van der Waals surface area contributed by atoms with Gasteiger partial charge >= 0.3 is 0 Å². The Balaban J connectivity index is 2.71. The molecule has 0 aromatic heterocycles. The Morgan fingerprint density at radius 2 is 1.88 bits per heavy atom. The Labute approximate surface area is 95.8 Å². The van der Waals surface area contributed by atoms with Crippen LogP contribution in [0.5, 0.6) is 0 Å². The monoisotopic (exact) mass is 229 g/mol. The van der Waals surface area contributed by atoms with Gasteiger partial charge in [0.15, 0.2) is 11.5 Å². The molecule has 1 atom stereocenters. The highest BCUT2D eigenvalue weighted by Crippen LogP contribution is 2.40. The van der Waals surface area contributed by atoms with Crippen molar-refractivity contribution in [1.82, 2.24) is 5.32 Å². The SMILES string of the molecule is CCC(=O)C(NC(=O)C1(F)CC1)C(C)(C)C. The van der Waals surface area contributed by atoms with Gasteiger partial charge in [-0.05, 0) is 18.3 Å². The van der Waals surface area contributed by atoms with Crippen LogP contribution in [-0.4, -0.2) is 23.4 Å². The van der Waals surface area contributed by atoms with Crippen molar-refractivity contribution in [1.29, 1.82) is 0 Å². The molecule has 1 unspecified atom stereocenters. The Morgan fingerprint density at radius 3 is 2.19 bits per heavy atom. The first kappa shape index (κ1) is 13.1. The molecule has 92 valence electrons. The number of nitrogens with one attached hydrogen (secondary N) is 1. The van der Waals surface area contributed by atoms with Gasteiger partial charge in [-0.3, -0.25) is 9.59 Å². The van der Waals surface area contributed by atoms with Crippen molar-refractivity contribution >= 4 is 11.7 Å². The molecule has 1 aliphatic rings. The highest BCUT2D eigenvalue weighted by Gasteiger charge is 2.52. The van der Waals surface area contributed by atoms with Crippen molar-refractivity contribution in [2.75, 3.05) is 0 Å². The van der Waals surface area contributed by atoms with Crippen molar-refractivity contribution in [3.63, 3.8) is 0 Å². The minimum atomic E-state index is -1.71. The average Bonchev–Trinajstić information content (AvgIpc) is 2.91. The topological polar surface area (TPSA) is 46.2 Å². The van der Waals surface area contributed by atoms with E-state index < -0.39 is 17.6 Å². The summed E-state index contributed by atoms with van der Waals surface area (Å²) in [6.45, 7) is 7.34. The number of hydrogen-bond donors (Lipinski definition) is 1. The number of rotatable bonds is 4. The molecule has 1 rings (SSSR count). The third kappa shape index (κ3) is 2.80.